The lowest BCUT2D eigenvalue weighted by Crippen LogP contribution is -2.36. The molecule has 0 heterocycles. The van der Waals surface area contributed by atoms with Crippen LogP contribution in [0.5, 0.6) is 5.75 Å². The van der Waals surface area contributed by atoms with Crippen LogP contribution in [-0.4, -0.2) is 13.2 Å². The van der Waals surface area contributed by atoms with Crippen LogP contribution in [-0.2, 0) is 0 Å². The van der Waals surface area contributed by atoms with Crippen molar-refractivity contribution in [2.45, 2.75) is 64.5 Å². The summed E-state index contributed by atoms with van der Waals surface area (Å²) >= 11 is 0. The molecule has 20 heavy (non-hydrogen) atoms. The van der Waals surface area contributed by atoms with Crippen molar-refractivity contribution in [1.82, 2.24) is 5.32 Å². The Bertz CT molecular complexity index is 387. The third-order valence-corrected chi connectivity index (χ3v) is 4.72. The molecule has 1 fully saturated rings. The average Bonchev–Trinajstić information content (AvgIpc) is 2.53. The Morgan fingerprint density at radius 3 is 2.55 bits per heavy atom. The van der Waals surface area contributed by atoms with Crippen LogP contribution in [0.15, 0.2) is 24.3 Å². The maximum atomic E-state index is 5.24. The lowest BCUT2D eigenvalue weighted by atomic mass is 9.83. The van der Waals surface area contributed by atoms with Gasteiger partial charge in [0.25, 0.3) is 0 Å². The van der Waals surface area contributed by atoms with Crippen molar-refractivity contribution in [1.29, 1.82) is 0 Å². The Morgan fingerprint density at radius 2 is 1.95 bits per heavy atom. The van der Waals surface area contributed by atoms with Crippen molar-refractivity contribution < 1.29 is 4.74 Å². The monoisotopic (exact) mass is 275 g/mol. The van der Waals surface area contributed by atoms with Crippen molar-refractivity contribution in [3.63, 3.8) is 0 Å². The maximum absolute atomic E-state index is 5.24. The van der Waals surface area contributed by atoms with Gasteiger partial charge in [-0.25, -0.2) is 0 Å². The van der Waals surface area contributed by atoms with Gasteiger partial charge in [-0.3, -0.25) is 0 Å². The van der Waals surface area contributed by atoms with Crippen molar-refractivity contribution in [3.05, 3.63) is 29.8 Å². The SMILES string of the molecule is CCC1CCCC(NC(CC)c2ccc(OC)cc2)C1. The normalized spacial score (nSPS) is 24.4. The topological polar surface area (TPSA) is 21.3 Å². The second-order valence-electron chi connectivity index (χ2n) is 6.04. The largest absolute Gasteiger partial charge is 0.497 e. The number of methoxy groups -OCH3 is 1. The van der Waals surface area contributed by atoms with E-state index in [1.54, 1.807) is 7.11 Å². The molecule has 3 atom stereocenters. The first-order chi connectivity index (χ1) is 9.76. The molecule has 2 heteroatoms. The molecule has 0 radical (unpaired) electrons. The Morgan fingerprint density at radius 1 is 1.20 bits per heavy atom. The maximum Gasteiger partial charge on any atom is 0.118 e. The molecule has 1 aromatic rings. The van der Waals surface area contributed by atoms with Gasteiger partial charge in [-0.2, -0.15) is 0 Å². The van der Waals surface area contributed by atoms with Crippen molar-refractivity contribution in [2.75, 3.05) is 7.11 Å². The Balaban J connectivity index is 1.97. The number of hydrogen-bond acceptors (Lipinski definition) is 2. The third-order valence-electron chi connectivity index (χ3n) is 4.72. The standard InChI is InChI=1S/C18H29NO/c1-4-14-7-6-8-16(13-14)19-18(5-2)15-9-11-17(20-3)12-10-15/h9-12,14,16,18-19H,4-8,13H2,1-3H3. The van der Waals surface area contributed by atoms with Crippen molar-refractivity contribution >= 4 is 0 Å². The summed E-state index contributed by atoms with van der Waals surface area (Å²) in [5.74, 6) is 1.86. The quantitative estimate of drug-likeness (QED) is 0.812. The van der Waals surface area contributed by atoms with Gasteiger partial charge in [0.1, 0.15) is 5.75 Å². The highest BCUT2D eigenvalue weighted by atomic mass is 16.5. The second kappa shape index (κ2) is 7.68. The van der Waals surface area contributed by atoms with E-state index in [0.29, 0.717) is 12.1 Å². The van der Waals surface area contributed by atoms with Crippen LogP contribution in [0.25, 0.3) is 0 Å². The summed E-state index contributed by atoms with van der Waals surface area (Å²) in [6.07, 6.45) is 7.96. The van der Waals surface area contributed by atoms with Crippen LogP contribution < -0.4 is 10.1 Å². The highest BCUT2D eigenvalue weighted by Crippen LogP contribution is 2.29. The minimum absolute atomic E-state index is 0.474. The van der Waals surface area contributed by atoms with E-state index in [0.717, 1.165) is 18.1 Å². The van der Waals surface area contributed by atoms with Crippen LogP contribution in [0.2, 0.25) is 0 Å². The van der Waals surface area contributed by atoms with Gasteiger partial charge in [-0.15, -0.1) is 0 Å². The van der Waals surface area contributed by atoms with Crippen LogP contribution in [0, 0.1) is 5.92 Å². The molecular formula is C18H29NO. The number of hydrogen-bond donors (Lipinski definition) is 1. The molecule has 1 N–H and O–H groups in total. The third kappa shape index (κ3) is 3.99. The number of nitrogens with one attached hydrogen (secondary N) is 1. The second-order valence-corrected chi connectivity index (χ2v) is 6.04. The Labute approximate surface area is 123 Å². The molecule has 0 amide bonds. The van der Waals surface area contributed by atoms with Gasteiger partial charge < -0.3 is 10.1 Å². The average molecular weight is 275 g/mol. The molecule has 0 saturated heterocycles. The van der Waals surface area contributed by atoms with Crippen LogP contribution >= 0.6 is 0 Å². The molecule has 112 valence electrons. The lowest BCUT2D eigenvalue weighted by molar-refractivity contribution is 0.260. The summed E-state index contributed by atoms with van der Waals surface area (Å²) in [5, 5.41) is 3.88. The van der Waals surface area contributed by atoms with Gasteiger partial charge in [-0.1, -0.05) is 45.2 Å². The number of benzene rings is 1. The van der Waals surface area contributed by atoms with Crippen LogP contribution in [0.4, 0.5) is 0 Å². The van der Waals surface area contributed by atoms with E-state index in [1.165, 1.54) is 37.7 Å². The first-order valence-corrected chi connectivity index (χ1v) is 8.16. The van der Waals surface area contributed by atoms with Gasteiger partial charge in [0.05, 0.1) is 7.11 Å². The van der Waals surface area contributed by atoms with Crippen molar-refractivity contribution in [2.24, 2.45) is 5.92 Å². The molecule has 2 rings (SSSR count). The molecule has 0 spiro atoms. The zero-order chi connectivity index (χ0) is 14.4. The zero-order valence-electron chi connectivity index (χ0n) is 13.2. The van der Waals surface area contributed by atoms with Gasteiger partial charge in [-0.05, 0) is 42.9 Å². The van der Waals surface area contributed by atoms with Gasteiger partial charge in [0.15, 0.2) is 0 Å². The first kappa shape index (κ1) is 15.4. The number of rotatable bonds is 6. The van der Waals surface area contributed by atoms with Gasteiger partial charge in [0.2, 0.25) is 0 Å². The summed E-state index contributed by atoms with van der Waals surface area (Å²) in [5.41, 5.74) is 1.38. The summed E-state index contributed by atoms with van der Waals surface area (Å²) < 4.78 is 5.24. The van der Waals surface area contributed by atoms with E-state index in [9.17, 15) is 0 Å². The molecular weight excluding hydrogens is 246 g/mol. The lowest BCUT2D eigenvalue weighted by Gasteiger charge is -2.32. The van der Waals surface area contributed by atoms with E-state index in [1.807, 2.05) is 0 Å². The summed E-state index contributed by atoms with van der Waals surface area (Å²) in [6.45, 7) is 4.59. The van der Waals surface area contributed by atoms with Crippen LogP contribution in [0.3, 0.4) is 0 Å². The summed E-state index contributed by atoms with van der Waals surface area (Å²) in [7, 11) is 1.72. The van der Waals surface area contributed by atoms with E-state index in [4.69, 9.17) is 4.74 Å². The molecule has 0 aliphatic heterocycles. The van der Waals surface area contributed by atoms with E-state index in [2.05, 4.69) is 43.4 Å². The molecule has 0 bridgehead atoms. The van der Waals surface area contributed by atoms with E-state index < -0.39 is 0 Å². The Kier molecular flexibility index (Phi) is 5.90. The fourth-order valence-electron chi connectivity index (χ4n) is 3.38. The fourth-order valence-corrected chi connectivity index (χ4v) is 3.38. The fraction of sp³-hybridized carbons (Fsp3) is 0.667. The van der Waals surface area contributed by atoms with Crippen molar-refractivity contribution in [3.8, 4) is 5.75 Å². The van der Waals surface area contributed by atoms with Crippen LogP contribution in [0.1, 0.15) is 64.0 Å². The minimum Gasteiger partial charge on any atom is -0.497 e. The summed E-state index contributed by atoms with van der Waals surface area (Å²) in [6, 6.07) is 9.69. The molecule has 3 unspecified atom stereocenters. The molecule has 1 saturated carbocycles. The summed E-state index contributed by atoms with van der Waals surface area (Å²) in [4.78, 5) is 0. The van der Waals surface area contributed by atoms with E-state index in [-0.39, 0.29) is 0 Å². The highest BCUT2D eigenvalue weighted by Gasteiger charge is 2.23. The van der Waals surface area contributed by atoms with E-state index >= 15 is 0 Å². The zero-order valence-corrected chi connectivity index (χ0v) is 13.2. The molecule has 1 aromatic carbocycles. The minimum atomic E-state index is 0.474. The molecule has 2 nitrogen and oxygen atoms in total. The van der Waals surface area contributed by atoms with Gasteiger partial charge in [0, 0.05) is 12.1 Å². The Hall–Kier alpha value is -1.02. The van der Waals surface area contributed by atoms with Gasteiger partial charge >= 0.3 is 0 Å². The number of ether oxygens (including phenoxy) is 1. The molecule has 0 aromatic heterocycles. The molecule has 1 aliphatic carbocycles. The predicted molar refractivity (Wildman–Crippen MR) is 85.2 cm³/mol. The molecule has 1 aliphatic rings. The highest BCUT2D eigenvalue weighted by molar-refractivity contribution is 5.29. The smallest absolute Gasteiger partial charge is 0.118 e. The first-order valence-electron chi connectivity index (χ1n) is 8.16. The predicted octanol–water partition coefficient (Wildman–Crippen LogP) is 4.70.